The maximum atomic E-state index is 13.5. The number of carbonyl (C=O) groups excluding carboxylic acids is 2. The summed E-state index contributed by atoms with van der Waals surface area (Å²) in [5.74, 6) is -0.945. The van der Waals surface area contributed by atoms with Gasteiger partial charge in [-0.25, -0.2) is 0 Å². The summed E-state index contributed by atoms with van der Waals surface area (Å²) in [4.78, 5) is 27.1. The van der Waals surface area contributed by atoms with Crippen LogP contribution < -0.4 is 0 Å². The smallest absolute Gasteiger partial charge is 0.305 e. The van der Waals surface area contributed by atoms with Gasteiger partial charge in [-0.3, -0.25) is 9.59 Å². The number of hydrogen-bond donors (Lipinski definition) is 0. The van der Waals surface area contributed by atoms with Crippen molar-refractivity contribution in [3.63, 3.8) is 0 Å². The van der Waals surface area contributed by atoms with Crippen LogP contribution in [0, 0.1) is 0 Å². The maximum absolute atomic E-state index is 13.5. The minimum Gasteiger partial charge on any atom is -0.463 e. The Bertz CT molecular complexity index is 2430. The fourth-order valence-corrected chi connectivity index (χ4v) is 9.75. The van der Waals surface area contributed by atoms with Crippen molar-refractivity contribution < 1.29 is 57.0 Å². The van der Waals surface area contributed by atoms with E-state index < -0.39 is 73.0 Å². The van der Waals surface area contributed by atoms with E-state index in [1.54, 1.807) is 0 Å². The molecule has 0 radical (unpaired) electrons. The molecule has 2 fully saturated rings. The van der Waals surface area contributed by atoms with Crippen molar-refractivity contribution in [2.45, 2.75) is 133 Å². The fraction of sp³-hybridized carbons (Fsp3) is 0.365. The van der Waals surface area contributed by atoms with Gasteiger partial charge in [0.25, 0.3) is 0 Å². The summed E-state index contributed by atoms with van der Waals surface area (Å²) in [7, 11) is 0. The van der Waals surface area contributed by atoms with E-state index in [0.29, 0.717) is 26.1 Å². The first-order chi connectivity index (χ1) is 37.0. The molecular weight excluding hydrogens is 949 g/mol. The Morgan fingerprint density at radius 3 is 0.827 bits per heavy atom. The Labute approximate surface area is 440 Å². The third kappa shape index (κ3) is 16.1. The van der Waals surface area contributed by atoms with Crippen LogP contribution in [-0.2, 0) is 96.6 Å². The molecule has 0 aliphatic carbocycles. The number of rotatable bonds is 18. The minimum absolute atomic E-state index is 0.0130. The van der Waals surface area contributed by atoms with E-state index in [2.05, 4.69) is 12.2 Å². The molecule has 12 heteroatoms. The van der Waals surface area contributed by atoms with Gasteiger partial charge in [-0.05, 0) is 52.6 Å². The lowest BCUT2D eigenvalue weighted by atomic mass is 9.91. The highest BCUT2D eigenvalue weighted by molar-refractivity contribution is 5.72. The van der Waals surface area contributed by atoms with Gasteiger partial charge in [0.15, 0.2) is 0 Å². The van der Waals surface area contributed by atoms with Gasteiger partial charge >= 0.3 is 11.9 Å². The molecule has 6 aromatic carbocycles. The van der Waals surface area contributed by atoms with Crippen molar-refractivity contribution in [3.05, 3.63) is 228 Å². The number of benzene rings is 6. The number of esters is 2. The number of hydrogen-bond acceptors (Lipinski definition) is 12. The second kappa shape index (κ2) is 28.5. The van der Waals surface area contributed by atoms with Crippen LogP contribution in [0.3, 0.4) is 0 Å². The summed E-state index contributed by atoms with van der Waals surface area (Å²) in [6.45, 7) is 1.45. The Morgan fingerprint density at radius 2 is 0.560 bits per heavy atom. The fourth-order valence-electron chi connectivity index (χ4n) is 9.75. The normalized spacial score (nSPS) is 26.1. The SMILES string of the molecule is O=C1CCCC(=O)OC[C@H]2O[C@H](C/C=C/C[C@H]3O[C@H](CO1)[C@@H](OCc1ccccc1)[C@H](OCc1ccccc1)[C@@H]3OCc1ccccc1)[C@@H](OCc1ccccc1)[C@@H](OCc1ccccc1)[C@@H]2OCc1ccccc1. The van der Waals surface area contributed by atoms with Crippen LogP contribution in [0.1, 0.15) is 65.5 Å². The summed E-state index contributed by atoms with van der Waals surface area (Å²) >= 11 is 0. The first-order valence-electron chi connectivity index (χ1n) is 26.2. The van der Waals surface area contributed by atoms with Gasteiger partial charge in [0.05, 0.1) is 51.8 Å². The highest BCUT2D eigenvalue weighted by Gasteiger charge is 2.50. The van der Waals surface area contributed by atoms with Crippen molar-refractivity contribution >= 4 is 11.9 Å². The maximum Gasteiger partial charge on any atom is 0.305 e. The van der Waals surface area contributed by atoms with E-state index in [1.807, 2.05) is 182 Å². The average Bonchev–Trinajstić information content (AvgIpc) is 3.46. The standard InChI is InChI=1S/C63H68O12/c64-56-36-21-37-57(65)67-45-55-61(71-41-49-28-13-4-14-29-49)63(73-43-51-32-17-6-18-33-51)59(69-39-47-24-9-2-10-25-47)53(75-55)35-20-19-34-52-58(68-38-46-22-7-1-8-23-46)62(72-42-50-30-15-5-16-31-50)60(54(74-52)44-66-56)70-40-48-26-11-3-12-27-48/h1-20,22-33,52-55,58-63H,21,34-45H2/b20-19+/t52-,53-,54-,55-,58-,59-,60-,61-,62-,63-/m1/s1. The van der Waals surface area contributed by atoms with Crippen molar-refractivity contribution in [2.75, 3.05) is 13.2 Å². The molecule has 0 spiro atoms. The molecule has 10 atom stereocenters. The van der Waals surface area contributed by atoms with Crippen molar-refractivity contribution in [2.24, 2.45) is 0 Å². The summed E-state index contributed by atoms with van der Waals surface area (Å²) in [6, 6.07) is 59.8. The Morgan fingerprint density at radius 1 is 0.320 bits per heavy atom. The molecule has 0 saturated carbocycles. The summed E-state index contributed by atoms with van der Waals surface area (Å²) in [5, 5.41) is 0. The van der Waals surface area contributed by atoms with Crippen LogP contribution in [0.5, 0.6) is 0 Å². The van der Waals surface area contributed by atoms with Gasteiger partial charge in [-0.15, -0.1) is 0 Å². The Hall–Kier alpha value is -6.32. The monoisotopic (exact) mass is 1020 g/mol. The molecule has 12 nitrogen and oxygen atoms in total. The molecule has 4 bridgehead atoms. The number of fused-ring (bicyclic) bond motifs is 4. The predicted molar refractivity (Wildman–Crippen MR) is 282 cm³/mol. The average molecular weight is 1020 g/mol. The molecule has 0 aromatic heterocycles. The third-order valence-electron chi connectivity index (χ3n) is 13.7. The van der Waals surface area contributed by atoms with Gasteiger partial charge in [0.2, 0.25) is 0 Å². The zero-order valence-electron chi connectivity index (χ0n) is 42.3. The highest BCUT2D eigenvalue weighted by atomic mass is 16.6. The third-order valence-corrected chi connectivity index (χ3v) is 13.7. The van der Waals surface area contributed by atoms with Crippen LogP contribution in [0.25, 0.3) is 0 Å². The first-order valence-corrected chi connectivity index (χ1v) is 26.2. The molecule has 0 amide bonds. The number of ether oxygens (including phenoxy) is 10. The Kier molecular flexibility index (Phi) is 20.4. The first kappa shape index (κ1) is 53.5. The van der Waals surface area contributed by atoms with E-state index in [4.69, 9.17) is 47.4 Å². The van der Waals surface area contributed by atoms with Gasteiger partial charge in [-0.1, -0.05) is 194 Å². The van der Waals surface area contributed by atoms with Gasteiger partial charge in [-0.2, -0.15) is 0 Å². The molecule has 75 heavy (non-hydrogen) atoms. The van der Waals surface area contributed by atoms with E-state index in [0.717, 1.165) is 33.4 Å². The summed E-state index contributed by atoms with van der Waals surface area (Å²) in [5.41, 5.74) is 5.88. The van der Waals surface area contributed by atoms with Crippen LogP contribution in [0.15, 0.2) is 194 Å². The van der Waals surface area contributed by atoms with E-state index in [9.17, 15) is 9.59 Å². The zero-order valence-corrected chi connectivity index (χ0v) is 42.3. The van der Waals surface area contributed by atoms with Gasteiger partial charge in [0.1, 0.15) is 62.0 Å². The molecule has 3 heterocycles. The van der Waals surface area contributed by atoms with Crippen LogP contribution in [0.2, 0.25) is 0 Å². The lowest BCUT2D eigenvalue weighted by Gasteiger charge is -2.46. The Balaban J connectivity index is 1.05. The van der Waals surface area contributed by atoms with E-state index >= 15 is 0 Å². The lowest BCUT2D eigenvalue weighted by Crippen LogP contribution is -2.61. The van der Waals surface area contributed by atoms with Gasteiger partial charge < -0.3 is 47.4 Å². The van der Waals surface area contributed by atoms with Crippen LogP contribution in [0.4, 0.5) is 0 Å². The quantitative estimate of drug-likeness (QED) is 0.0601. The molecule has 3 aliphatic rings. The highest BCUT2D eigenvalue weighted by Crippen LogP contribution is 2.35. The molecule has 2 saturated heterocycles. The molecule has 3 aliphatic heterocycles. The molecule has 392 valence electrons. The molecule has 9 rings (SSSR count). The lowest BCUT2D eigenvalue weighted by molar-refractivity contribution is -0.270. The second-order valence-corrected chi connectivity index (χ2v) is 19.2. The predicted octanol–water partition coefficient (Wildman–Crippen LogP) is 10.6. The summed E-state index contributed by atoms with van der Waals surface area (Å²) in [6.07, 6.45) is -1.49. The van der Waals surface area contributed by atoms with E-state index in [-0.39, 0.29) is 58.9 Å². The van der Waals surface area contributed by atoms with Crippen molar-refractivity contribution in [1.29, 1.82) is 0 Å². The molecule has 0 unspecified atom stereocenters. The van der Waals surface area contributed by atoms with Crippen molar-refractivity contribution in [3.8, 4) is 0 Å². The minimum atomic E-state index is -0.742. The largest absolute Gasteiger partial charge is 0.463 e. The van der Waals surface area contributed by atoms with Crippen LogP contribution in [-0.4, -0.2) is 86.2 Å². The zero-order chi connectivity index (χ0) is 51.3. The molecular formula is C63H68O12. The van der Waals surface area contributed by atoms with E-state index in [1.165, 1.54) is 0 Å². The number of carbonyl (C=O) groups is 2. The topological polar surface area (TPSA) is 126 Å². The van der Waals surface area contributed by atoms with Gasteiger partial charge in [0, 0.05) is 12.8 Å². The second-order valence-electron chi connectivity index (χ2n) is 19.2. The number of cyclic esters (lactones) is 2. The summed E-state index contributed by atoms with van der Waals surface area (Å²) < 4.78 is 67.4. The molecule has 6 aromatic rings. The van der Waals surface area contributed by atoms with Crippen molar-refractivity contribution in [1.82, 2.24) is 0 Å². The molecule has 0 N–H and O–H groups in total. The van der Waals surface area contributed by atoms with Crippen LogP contribution >= 0.6 is 0 Å².